The molecule has 1 fully saturated rings. The van der Waals surface area contributed by atoms with Gasteiger partial charge in [0.2, 0.25) is 5.91 Å². The second-order valence-electron chi connectivity index (χ2n) is 6.51. The van der Waals surface area contributed by atoms with Crippen molar-refractivity contribution < 1.29 is 14.5 Å². The van der Waals surface area contributed by atoms with Gasteiger partial charge in [0, 0.05) is 49.9 Å². The van der Waals surface area contributed by atoms with Gasteiger partial charge in [0.05, 0.1) is 4.92 Å². The molecule has 0 aliphatic carbocycles. The van der Waals surface area contributed by atoms with Gasteiger partial charge < -0.3 is 15.1 Å². The molecule has 8 nitrogen and oxygen atoms in total. The third kappa shape index (κ3) is 4.28. The summed E-state index contributed by atoms with van der Waals surface area (Å²) in [5.41, 5.74) is 1.75. The van der Waals surface area contributed by atoms with Crippen LogP contribution in [0.25, 0.3) is 0 Å². The van der Waals surface area contributed by atoms with E-state index in [0.29, 0.717) is 49.5 Å². The zero-order valence-electron chi connectivity index (χ0n) is 15.6. The quantitative estimate of drug-likeness (QED) is 0.634. The van der Waals surface area contributed by atoms with Gasteiger partial charge in [0.15, 0.2) is 0 Å². The average molecular weight is 382 g/mol. The Kier molecular flexibility index (Phi) is 5.88. The largest absolute Gasteiger partial charge is 0.362 e. The Labute approximate surface area is 162 Å². The number of anilines is 2. The standard InChI is InChI=1S/C20H22N4O4/c1-2-19(25)21-16-7-5-6-15(14-16)20(26)23-12-10-22(11-13-23)17-8-3-4-9-18(17)24(27)28/h3-9,14H,2,10-13H2,1H3,(H,21,25). The minimum absolute atomic E-state index is 0.0710. The van der Waals surface area contributed by atoms with E-state index < -0.39 is 0 Å². The van der Waals surface area contributed by atoms with Gasteiger partial charge >= 0.3 is 0 Å². The Balaban J connectivity index is 1.67. The second kappa shape index (κ2) is 8.51. The van der Waals surface area contributed by atoms with Gasteiger partial charge in [0.25, 0.3) is 11.6 Å². The maximum atomic E-state index is 12.8. The van der Waals surface area contributed by atoms with Crippen molar-refractivity contribution in [1.82, 2.24) is 4.90 Å². The summed E-state index contributed by atoms with van der Waals surface area (Å²) in [6.07, 6.45) is 0.367. The summed E-state index contributed by atoms with van der Waals surface area (Å²) in [6.45, 7) is 3.74. The van der Waals surface area contributed by atoms with Gasteiger partial charge in [-0.25, -0.2) is 0 Å². The van der Waals surface area contributed by atoms with Crippen LogP contribution in [0.4, 0.5) is 17.1 Å². The molecule has 0 spiro atoms. The lowest BCUT2D eigenvalue weighted by molar-refractivity contribution is -0.384. The Hall–Kier alpha value is -3.42. The van der Waals surface area contributed by atoms with Crippen LogP contribution < -0.4 is 10.2 Å². The molecule has 1 saturated heterocycles. The summed E-state index contributed by atoms with van der Waals surface area (Å²) in [4.78, 5) is 38.9. The van der Waals surface area contributed by atoms with Gasteiger partial charge in [-0.05, 0) is 24.3 Å². The normalized spacial score (nSPS) is 13.9. The summed E-state index contributed by atoms with van der Waals surface area (Å²) in [6, 6.07) is 13.5. The molecule has 1 aliphatic rings. The maximum absolute atomic E-state index is 12.8. The first kappa shape index (κ1) is 19.3. The summed E-state index contributed by atoms with van der Waals surface area (Å²) in [5.74, 6) is -0.225. The number of benzene rings is 2. The molecule has 0 atom stereocenters. The van der Waals surface area contributed by atoms with E-state index in [1.165, 1.54) is 6.07 Å². The number of amides is 2. The van der Waals surface area contributed by atoms with Crippen molar-refractivity contribution in [2.45, 2.75) is 13.3 Å². The summed E-state index contributed by atoms with van der Waals surface area (Å²) in [7, 11) is 0. The molecule has 3 rings (SSSR count). The molecular formula is C20H22N4O4. The van der Waals surface area contributed by atoms with E-state index in [1.54, 1.807) is 54.3 Å². The first-order chi connectivity index (χ1) is 13.5. The van der Waals surface area contributed by atoms with Crippen LogP contribution in [0.15, 0.2) is 48.5 Å². The van der Waals surface area contributed by atoms with Gasteiger partial charge in [-0.15, -0.1) is 0 Å². The number of rotatable bonds is 5. The van der Waals surface area contributed by atoms with E-state index >= 15 is 0 Å². The van der Waals surface area contributed by atoms with E-state index in [-0.39, 0.29) is 22.4 Å². The highest BCUT2D eigenvalue weighted by Gasteiger charge is 2.26. The van der Waals surface area contributed by atoms with Crippen LogP contribution in [0, 0.1) is 10.1 Å². The SMILES string of the molecule is CCC(=O)Nc1cccc(C(=O)N2CCN(c3ccccc3[N+](=O)[O-])CC2)c1. The minimum Gasteiger partial charge on any atom is -0.362 e. The van der Waals surface area contributed by atoms with Crippen LogP contribution in [0.5, 0.6) is 0 Å². The monoisotopic (exact) mass is 382 g/mol. The third-order valence-corrected chi connectivity index (χ3v) is 4.70. The molecule has 1 aliphatic heterocycles. The fraction of sp³-hybridized carbons (Fsp3) is 0.300. The molecule has 146 valence electrons. The first-order valence-corrected chi connectivity index (χ1v) is 9.17. The number of nitrogens with zero attached hydrogens (tertiary/aromatic N) is 3. The van der Waals surface area contributed by atoms with Crippen molar-refractivity contribution in [1.29, 1.82) is 0 Å². The van der Waals surface area contributed by atoms with Crippen molar-refractivity contribution in [2.75, 3.05) is 36.4 Å². The van der Waals surface area contributed by atoms with Crippen LogP contribution in [-0.4, -0.2) is 47.8 Å². The van der Waals surface area contributed by atoms with E-state index in [0.717, 1.165) is 0 Å². The Morgan fingerprint density at radius 1 is 1.07 bits per heavy atom. The molecule has 2 aromatic rings. The number of para-hydroxylation sites is 2. The molecule has 28 heavy (non-hydrogen) atoms. The Morgan fingerprint density at radius 2 is 1.79 bits per heavy atom. The van der Waals surface area contributed by atoms with Gasteiger partial charge in [-0.2, -0.15) is 0 Å². The Morgan fingerprint density at radius 3 is 2.46 bits per heavy atom. The number of nitro groups is 1. The molecule has 2 aromatic carbocycles. The van der Waals surface area contributed by atoms with E-state index in [2.05, 4.69) is 5.32 Å². The number of hydrogen-bond donors (Lipinski definition) is 1. The fourth-order valence-corrected chi connectivity index (χ4v) is 3.20. The molecule has 0 aromatic heterocycles. The molecule has 8 heteroatoms. The predicted molar refractivity (Wildman–Crippen MR) is 107 cm³/mol. The number of carbonyl (C=O) groups excluding carboxylic acids is 2. The van der Waals surface area contributed by atoms with Crippen molar-refractivity contribution in [3.8, 4) is 0 Å². The summed E-state index contributed by atoms with van der Waals surface area (Å²) >= 11 is 0. The van der Waals surface area contributed by atoms with E-state index in [4.69, 9.17) is 0 Å². The number of piperazine rings is 1. The average Bonchev–Trinajstić information content (AvgIpc) is 2.73. The van der Waals surface area contributed by atoms with Crippen LogP contribution in [0.2, 0.25) is 0 Å². The molecular weight excluding hydrogens is 360 g/mol. The topological polar surface area (TPSA) is 95.8 Å². The van der Waals surface area contributed by atoms with Gasteiger partial charge in [0.1, 0.15) is 5.69 Å². The fourth-order valence-electron chi connectivity index (χ4n) is 3.20. The predicted octanol–water partition coefficient (Wildman–Crippen LogP) is 2.91. The van der Waals surface area contributed by atoms with Crippen molar-refractivity contribution in [3.63, 3.8) is 0 Å². The zero-order chi connectivity index (χ0) is 20.1. The highest BCUT2D eigenvalue weighted by Crippen LogP contribution is 2.28. The van der Waals surface area contributed by atoms with Crippen molar-refractivity contribution in [2.24, 2.45) is 0 Å². The lowest BCUT2D eigenvalue weighted by atomic mass is 10.1. The lowest BCUT2D eigenvalue weighted by Gasteiger charge is -2.35. The maximum Gasteiger partial charge on any atom is 0.292 e. The van der Waals surface area contributed by atoms with Gasteiger partial charge in [-0.3, -0.25) is 19.7 Å². The first-order valence-electron chi connectivity index (χ1n) is 9.17. The zero-order valence-corrected chi connectivity index (χ0v) is 15.6. The number of nitro benzene ring substituents is 1. The lowest BCUT2D eigenvalue weighted by Crippen LogP contribution is -2.49. The smallest absolute Gasteiger partial charge is 0.292 e. The molecule has 0 bridgehead atoms. The van der Waals surface area contributed by atoms with Gasteiger partial charge in [-0.1, -0.05) is 25.1 Å². The number of nitrogens with one attached hydrogen (secondary N) is 1. The van der Waals surface area contributed by atoms with Crippen LogP contribution in [0.1, 0.15) is 23.7 Å². The van der Waals surface area contributed by atoms with Crippen molar-refractivity contribution >= 4 is 28.9 Å². The molecule has 2 amide bonds. The van der Waals surface area contributed by atoms with Crippen molar-refractivity contribution in [3.05, 3.63) is 64.2 Å². The molecule has 0 saturated carbocycles. The highest BCUT2D eigenvalue weighted by molar-refractivity contribution is 5.97. The Bertz CT molecular complexity index is 891. The third-order valence-electron chi connectivity index (χ3n) is 4.70. The summed E-state index contributed by atoms with van der Waals surface area (Å²) < 4.78 is 0. The van der Waals surface area contributed by atoms with Crippen LogP contribution in [0.3, 0.4) is 0 Å². The van der Waals surface area contributed by atoms with Crippen LogP contribution >= 0.6 is 0 Å². The summed E-state index contributed by atoms with van der Waals surface area (Å²) in [5, 5.41) is 14.0. The van der Waals surface area contributed by atoms with Crippen LogP contribution in [-0.2, 0) is 4.79 Å². The minimum atomic E-state index is -0.386. The van der Waals surface area contributed by atoms with E-state index in [1.807, 2.05) is 4.90 Å². The number of carbonyl (C=O) groups is 2. The molecule has 0 radical (unpaired) electrons. The molecule has 0 unspecified atom stereocenters. The second-order valence-corrected chi connectivity index (χ2v) is 6.51. The van der Waals surface area contributed by atoms with E-state index in [9.17, 15) is 19.7 Å². The molecule has 1 heterocycles. The molecule has 1 N–H and O–H groups in total. The highest BCUT2D eigenvalue weighted by atomic mass is 16.6. The number of hydrogen-bond acceptors (Lipinski definition) is 5.